The Morgan fingerprint density at radius 3 is 2.96 bits per heavy atom. The zero-order valence-corrected chi connectivity index (χ0v) is 16.5. The minimum absolute atomic E-state index is 0.222. The van der Waals surface area contributed by atoms with Crippen molar-refractivity contribution in [2.75, 3.05) is 13.1 Å². The predicted molar refractivity (Wildman–Crippen MR) is 101 cm³/mol. The SMILES string of the molecule is CC(C)(C)OC(=O)N1CCC[C@@H](Cc2ncc3ccc(Br)cc3n2)C1. The van der Waals surface area contributed by atoms with Crippen LogP contribution in [0.5, 0.6) is 0 Å². The second kappa shape index (κ2) is 7.28. The van der Waals surface area contributed by atoms with Crippen LogP contribution < -0.4 is 0 Å². The van der Waals surface area contributed by atoms with E-state index in [0.717, 1.165) is 47.0 Å². The standard InChI is InChI=1S/C19H24BrN3O2/c1-19(2,3)25-18(24)23-8-4-5-13(12-23)9-17-21-11-14-6-7-15(20)10-16(14)22-17/h6-7,10-11,13H,4-5,8-9,12H2,1-3H3/t13-/m0/s1. The third-order valence-electron chi connectivity index (χ3n) is 4.24. The Morgan fingerprint density at radius 1 is 1.40 bits per heavy atom. The van der Waals surface area contributed by atoms with Crippen LogP contribution in [0.4, 0.5) is 4.79 Å². The predicted octanol–water partition coefficient (Wildman–Crippen LogP) is 4.58. The minimum Gasteiger partial charge on any atom is -0.444 e. The third-order valence-corrected chi connectivity index (χ3v) is 4.73. The van der Waals surface area contributed by atoms with Crippen molar-refractivity contribution in [2.45, 2.75) is 45.6 Å². The second-order valence-electron chi connectivity index (χ2n) is 7.63. The monoisotopic (exact) mass is 405 g/mol. The van der Waals surface area contributed by atoms with Gasteiger partial charge < -0.3 is 9.64 Å². The summed E-state index contributed by atoms with van der Waals surface area (Å²) in [6, 6.07) is 6.01. The van der Waals surface area contributed by atoms with Crippen molar-refractivity contribution in [3.8, 4) is 0 Å². The first-order valence-corrected chi connectivity index (χ1v) is 9.48. The summed E-state index contributed by atoms with van der Waals surface area (Å²) in [5.74, 6) is 1.20. The van der Waals surface area contributed by atoms with Crippen molar-refractivity contribution < 1.29 is 9.53 Å². The number of hydrogen-bond donors (Lipinski definition) is 0. The van der Waals surface area contributed by atoms with Crippen molar-refractivity contribution in [3.63, 3.8) is 0 Å². The number of hydrogen-bond acceptors (Lipinski definition) is 4. The molecule has 0 radical (unpaired) electrons. The Labute approximate surface area is 156 Å². The molecular formula is C19H24BrN3O2. The smallest absolute Gasteiger partial charge is 0.410 e. The van der Waals surface area contributed by atoms with E-state index in [-0.39, 0.29) is 6.09 Å². The van der Waals surface area contributed by atoms with E-state index in [1.165, 1.54) is 0 Å². The summed E-state index contributed by atoms with van der Waals surface area (Å²) in [6.07, 6.45) is 4.50. The highest BCUT2D eigenvalue weighted by molar-refractivity contribution is 9.10. The largest absolute Gasteiger partial charge is 0.444 e. The van der Waals surface area contributed by atoms with Crippen LogP contribution in [0.3, 0.4) is 0 Å². The Morgan fingerprint density at radius 2 is 2.20 bits per heavy atom. The zero-order chi connectivity index (χ0) is 18.0. The number of likely N-dealkylation sites (tertiary alicyclic amines) is 1. The van der Waals surface area contributed by atoms with Crippen LogP contribution in [-0.4, -0.2) is 39.7 Å². The van der Waals surface area contributed by atoms with Gasteiger partial charge >= 0.3 is 6.09 Å². The number of ether oxygens (including phenoxy) is 1. The molecule has 1 aromatic heterocycles. The maximum absolute atomic E-state index is 12.3. The molecule has 1 saturated heterocycles. The van der Waals surface area contributed by atoms with Gasteiger partial charge in [0.25, 0.3) is 0 Å². The molecule has 2 aromatic rings. The van der Waals surface area contributed by atoms with Gasteiger partial charge in [0.15, 0.2) is 0 Å². The second-order valence-corrected chi connectivity index (χ2v) is 8.54. The van der Waals surface area contributed by atoms with Gasteiger partial charge in [-0.15, -0.1) is 0 Å². The lowest BCUT2D eigenvalue weighted by atomic mass is 9.94. The van der Waals surface area contributed by atoms with Gasteiger partial charge in [0.05, 0.1) is 5.52 Å². The number of carbonyl (C=O) groups is 1. The molecule has 0 saturated carbocycles. The van der Waals surface area contributed by atoms with Crippen molar-refractivity contribution in [1.29, 1.82) is 0 Å². The molecule has 2 heterocycles. The van der Waals surface area contributed by atoms with Gasteiger partial charge in [0.2, 0.25) is 0 Å². The first kappa shape index (κ1) is 18.1. The molecule has 0 N–H and O–H groups in total. The molecule has 1 amide bonds. The number of halogens is 1. The molecule has 0 bridgehead atoms. The quantitative estimate of drug-likeness (QED) is 0.733. The summed E-state index contributed by atoms with van der Waals surface area (Å²) in [4.78, 5) is 23.3. The van der Waals surface area contributed by atoms with E-state index < -0.39 is 5.60 Å². The molecule has 134 valence electrons. The Bertz CT molecular complexity index is 773. The molecule has 6 heteroatoms. The van der Waals surface area contributed by atoms with E-state index in [1.807, 2.05) is 50.1 Å². The van der Waals surface area contributed by atoms with Gasteiger partial charge in [-0.25, -0.2) is 14.8 Å². The zero-order valence-electron chi connectivity index (χ0n) is 15.0. The van der Waals surface area contributed by atoms with Crippen LogP contribution in [0, 0.1) is 5.92 Å². The molecule has 0 aliphatic carbocycles. The summed E-state index contributed by atoms with van der Waals surface area (Å²) in [7, 11) is 0. The van der Waals surface area contributed by atoms with E-state index >= 15 is 0 Å². The fraction of sp³-hybridized carbons (Fsp3) is 0.526. The molecule has 1 atom stereocenters. The van der Waals surface area contributed by atoms with Crippen molar-refractivity contribution in [2.24, 2.45) is 5.92 Å². The third kappa shape index (κ3) is 4.91. The minimum atomic E-state index is -0.459. The van der Waals surface area contributed by atoms with Crippen LogP contribution in [0.1, 0.15) is 39.4 Å². The number of nitrogens with zero attached hydrogens (tertiary/aromatic N) is 3. The molecule has 1 aliphatic heterocycles. The van der Waals surface area contributed by atoms with Gasteiger partial charge in [-0.3, -0.25) is 0 Å². The van der Waals surface area contributed by atoms with Gasteiger partial charge in [-0.2, -0.15) is 0 Å². The Balaban J connectivity index is 1.67. The lowest BCUT2D eigenvalue weighted by molar-refractivity contribution is 0.0165. The molecule has 0 spiro atoms. The maximum Gasteiger partial charge on any atom is 0.410 e. The van der Waals surface area contributed by atoms with Crippen molar-refractivity contribution >= 4 is 32.9 Å². The number of amides is 1. The molecule has 5 nitrogen and oxygen atoms in total. The highest BCUT2D eigenvalue weighted by Gasteiger charge is 2.28. The van der Waals surface area contributed by atoms with Crippen molar-refractivity contribution in [1.82, 2.24) is 14.9 Å². The fourth-order valence-electron chi connectivity index (χ4n) is 3.12. The van der Waals surface area contributed by atoms with Crippen LogP contribution in [0.15, 0.2) is 28.9 Å². The van der Waals surface area contributed by atoms with Crippen molar-refractivity contribution in [3.05, 3.63) is 34.7 Å². The lowest BCUT2D eigenvalue weighted by Crippen LogP contribution is -2.43. The molecule has 25 heavy (non-hydrogen) atoms. The number of rotatable bonds is 2. The first-order valence-electron chi connectivity index (χ1n) is 8.69. The van der Waals surface area contributed by atoms with Gasteiger partial charge in [0.1, 0.15) is 11.4 Å². The van der Waals surface area contributed by atoms with Crippen LogP contribution in [0.25, 0.3) is 10.9 Å². The molecule has 0 unspecified atom stereocenters. The van der Waals surface area contributed by atoms with E-state index in [4.69, 9.17) is 4.74 Å². The fourth-order valence-corrected chi connectivity index (χ4v) is 3.46. The molecule has 1 fully saturated rings. The van der Waals surface area contributed by atoms with Gasteiger partial charge in [0, 0.05) is 35.6 Å². The number of piperidine rings is 1. The number of benzene rings is 1. The van der Waals surface area contributed by atoms with Gasteiger partial charge in [-0.1, -0.05) is 22.0 Å². The maximum atomic E-state index is 12.3. The van der Waals surface area contributed by atoms with Crippen LogP contribution in [0.2, 0.25) is 0 Å². The molecule has 1 aromatic carbocycles. The molecule has 3 rings (SSSR count). The summed E-state index contributed by atoms with van der Waals surface area (Å²) in [6.45, 7) is 7.15. The average Bonchev–Trinajstić information content (AvgIpc) is 2.53. The molecular weight excluding hydrogens is 382 g/mol. The first-order chi connectivity index (χ1) is 11.8. The Hall–Kier alpha value is -1.69. The summed E-state index contributed by atoms with van der Waals surface area (Å²) >= 11 is 3.48. The normalized spacial score (nSPS) is 18.4. The number of fused-ring (bicyclic) bond motifs is 1. The van der Waals surface area contributed by atoms with Crippen LogP contribution in [-0.2, 0) is 11.2 Å². The number of carbonyl (C=O) groups excluding carboxylic acids is 1. The summed E-state index contributed by atoms with van der Waals surface area (Å²) < 4.78 is 6.51. The Kier molecular flexibility index (Phi) is 5.27. The summed E-state index contributed by atoms with van der Waals surface area (Å²) in [5.41, 5.74) is 0.484. The van der Waals surface area contributed by atoms with E-state index in [1.54, 1.807) is 0 Å². The van der Waals surface area contributed by atoms with Gasteiger partial charge in [-0.05, 0) is 51.7 Å². The topological polar surface area (TPSA) is 55.3 Å². The highest BCUT2D eigenvalue weighted by atomic mass is 79.9. The van der Waals surface area contributed by atoms with E-state index in [0.29, 0.717) is 12.5 Å². The van der Waals surface area contributed by atoms with E-state index in [9.17, 15) is 4.79 Å². The summed E-state index contributed by atoms with van der Waals surface area (Å²) in [5, 5.41) is 1.03. The lowest BCUT2D eigenvalue weighted by Gasteiger charge is -2.34. The average molecular weight is 406 g/mol. The number of aromatic nitrogens is 2. The highest BCUT2D eigenvalue weighted by Crippen LogP contribution is 2.23. The van der Waals surface area contributed by atoms with E-state index in [2.05, 4.69) is 25.9 Å². The van der Waals surface area contributed by atoms with Crippen LogP contribution >= 0.6 is 15.9 Å². The molecule has 1 aliphatic rings.